The first-order valence-electron chi connectivity index (χ1n) is 11.1. The van der Waals surface area contributed by atoms with Crippen molar-refractivity contribution in [3.05, 3.63) is 82.8 Å². The number of rotatable bonds is 6. The summed E-state index contributed by atoms with van der Waals surface area (Å²) in [5.41, 5.74) is 7.40. The Morgan fingerprint density at radius 3 is 2.80 bits per heavy atom. The zero-order chi connectivity index (χ0) is 24.6. The molecule has 10 heteroatoms. The predicted octanol–water partition coefficient (Wildman–Crippen LogP) is 3.70. The summed E-state index contributed by atoms with van der Waals surface area (Å²) >= 11 is 0. The number of amides is 1. The van der Waals surface area contributed by atoms with Gasteiger partial charge in [-0.15, -0.1) is 0 Å². The second kappa shape index (κ2) is 8.95. The van der Waals surface area contributed by atoms with Gasteiger partial charge in [-0.05, 0) is 34.9 Å². The van der Waals surface area contributed by atoms with Crippen LogP contribution in [0.2, 0.25) is 0 Å². The number of aromatic nitrogens is 3. The summed E-state index contributed by atoms with van der Waals surface area (Å²) in [6.45, 7) is 1.06. The van der Waals surface area contributed by atoms with Crippen molar-refractivity contribution in [3.8, 4) is 28.1 Å². The molecule has 2 aromatic heterocycles. The Hall–Kier alpha value is -4.05. The maximum Gasteiger partial charge on any atom is 0.416 e. The molecule has 2 aromatic carbocycles. The van der Waals surface area contributed by atoms with E-state index in [0.29, 0.717) is 41.2 Å². The van der Waals surface area contributed by atoms with Crippen LogP contribution in [0.15, 0.2) is 54.9 Å². The molecule has 1 aliphatic rings. The van der Waals surface area contributed by atoms with Crippen LogP contribution in [0.3, 0.4) is 0 Å². The fraction of sp³-hybridized carbons (Fsp3) is 0.200. The van der Waals surface area contributed by atoms with Gasteiger partial charge in [-0.3, -0.25) is 9.89 Å². The number of halogens is 3. The van der Waals surface area contributed by atoms with E-state index >= 15 is 0 Å². The van der Waals surface area contributed by atoms with Crippen LogP contribution in [0.1, 0.15) is 32.7 Å². The first-order chi connectivity index (χ1) is 16.8. The molecule has 0 saturated carbocycles. The molecule has 6 N–H and O–H groups in total. The molecule has 0 spiro atoms. The summed E-state index contributed by atoms with van der Waals surface area (Å²) in [5.74, 6) is 0.584. The lowest BCUT2D eigenvalue weighted by molar-refractivity contribution is -0.387. The summed E-state index contributed by atoms with van der Waals surface area (Å²) in [6.07, 6.45) is -0.545. The molecule has 0 unspecified atom stereocenters. The minimum atomic E-state index is -4.49. The highest BCUT2D eigenvalue weighted by Crippen LogP contribution is 2.37. The van der Waals surface area contributed by atoms with Crippen molar-refractivity contribution in [2.24, 2.45) is 0 Å². The molecule has 3 heterocycles. The smallest absolute Gasteiger partial charge is 0.416 e. The number of aromatic amines is 2. The number of fused-ring (bicyclic) bond motifs is 1. The second-order valence-corrected chi connectivity index (χ2v) is 8.30. The van der Waals surface area contributed by atoms with Crippen LogP contribution in [-0.4, -0.2) is 27.7 Å². The van der Waals surface area contributed by atoms with Crippen LogP contribution in [0.25, 0.3) is 22.4 Å². The number of H-pyrrole nitrogens is 2. The molecule has 0 saturated heterocycles. The van der Waals surface area contributed by atoms with Gasteiger partial charge < -0.3 is 20.8 Å². The van der Waals surface area contributed by atoms with E-state index in [4.69, 9.17) is 4.74 Å². The average molecular weight is 482 g/mol. The average Bonchev–Trinajstić information content (AvgIpc) is 3.61. The van der Waals surface area contributed by atoms with Crippen molar-refractivity contribution in [1.82, 2.24) is 20.5 Å². The van der Waals surface area contributed by atoms with Gasteiger partial charge in [-0.1, -0.05) is 24.3 Å². The van der Waals surface area contributed by atoms with Crippen molar-refractivity contribution in [1.29, 1.82) is 0 Å². The Balaban J connectivity index is 1.35. The molecule has 1 aliphatic heterocycles. The Kier molecular flexibility index (Phi) is 5.81. The minimum absolute atomic E-state index is 0.0306. The summed E-state index contributed by atoms with van der Waals surface area (Å²) in [6, 6.07) is 11.6. The highest BCUT2D eigenvalue weighted by molar-refractivity contribution is 5.94. The van der Waals surface area contributed by atoms with E-state index < -0.39 is 11.7 Å². The van der Waals surface area contributed by atoms with Gasteiger partial charge in [0.2, 0.25) is 0 Å². The zero-order valence-corrected chi connectivity index (χ0v) is 18.6. The van der Waals surface area contributed by atoms with E-state index in [2.05, 4.69) is 26.2 Å². The molecular weight excluding hydrogens is 459 g/mol. The van der Waals surface area contributed by atoms with E-state index in [0.717, 1.165) is 29.4 Å². The molecule has 0 fully saturated rings. The Morgan fingerprint density at radius 2 is 2.00 bits per heavy atom. The first-order valence-corrected chi connectivity index (χ1v) is 11.1. The normalized spacial score (nSPS) is 12.9. The highest BCUT2D eigenvalue weighted by atomic mass is 19.4. The van der Waals surface area contributed by atoms with Crippen molar-refractivity contribution < 1.29 is 28.4 Å². The van der Waals surface area contributed by atoms with Gasteiger partial charge in [0.25, 0.3) is 5.91 Å². The van der Waals surface area contributed by atoms with Crippen molar-refractivity contribution in [2.45, 2.75) is 25.7 Å². The van der Waals surface area contributed by atoms with Gasteiger partial charge >= 0.3 is 6.18 Å². The predicted molar refractivity (Wildman–Crippen MR) is 122 cm³/mol. The lowest BCUT2D eigenvalue weighted by Crippen LogP contribution is -2.48. The zero-order valence-electron chi connectivity index (χ0n) is 18.6. The number of hydrogen-bond acceptors (Lipinski definition) is 3. The van der Waals surface area contributed by atoms with Crippen LogP contribution >= 0.6 is 0 Å². The second-order valence-electron chi connectivity index (χ2n) is 8.30. The largest absolute Gasteiger partial charge is 0.493 e. The van der Waals surface area contributed by atoms with Crippen molar-refractivity contribution >= 4 is 5.91 Å². The number of nitrogens with one attached hydrogen (secondary N) is 3. The highest BCUT2D eigenvalue weighted by Gasteiger charge is 2.34. The number of carbonyl (C=O) groups excluding carboxylic acids is 1. The van der Waals surface area contributed by atoms with Crippen LogP contribution in [0, 0.1) is 0 Å². The van der Waals surface area contributed by atoms with E-state index in [9.17, 15) is 18.0 Å². The molecular formula is C25H23F3N5O2+. The standard InChI is InChI=1S/C25H22F3N5O2/c26-25(27,28)20-8-15(2-3-17(20)10-29)19-13-32-33-23(19)18-9-21(30-12-18)24(34)31-11-14-1-4-22-16(7-14)5-6-35-22/h1-4,7-9,12-13,30H,5-6,10-11,29H2,(H,31,34)(H,32,33)/p+1. The van der Waals surface area contributed by atoms with Crippen LogP contribution < -0.4 is 15.8 Å². The van der Waals surface area contributed by atoms with Gasteiger partial charge in [0, 0.05) is 35.9 Å². The number of ether oxygens (including phenoxy) is 1. The fourth-order valence-corrected chi connectivity index (χ4v) is 4.25. The third kappa shape index (κ3) is 4.52. The van der Waals surface area contributed by atoms with Crippen molar-refractivity contribution in [2.75, 3.05) is 6.61 Å². The number of hydrogen-bond donors (Lipinski definition) is 4. The maximum atomic E-state index is 13.5. The van der Waals surface area contributed by atoms with Crippen LogP contribution in [0.5, 0.6) is 5.75 Å². The molecule has 0 bridgehead atoms. The summed E-state index contributed by atoms with van der Waals surface area (Å²) in [4.78, 5) is 15.6. The summed E-state index contributed by atoms with van der Waals surface area (Å²) in [5, 5.41) is 9.74. The van der Waals surface area contributed by atoms with Crippen molar-refractivity contribution in [3.63, 3.8) is 0 Å². The van der Waals surface area contributed by atoms with Crippen LogP contribution in [-0.2, 0) is 25.7 Å². The lowest BCUT2D eigenvalue weighted by Gasteiger charge is -2.12. The lowest BCUT2D eigenvalue weighted by atomic mass is 9.97. The third-order valence-corrected chi connectivity index (χ3v) is 6.06. The van der Waals surface area contributed by atoms with Gasteiger partial charge in [0.05, 0.1) is 24.1 Å². The number of alkyl halides is 3. The molecule has 0 atom stereocenters. The molecule has 1 amide bonds. The van der Waals surface area contributed by atoms with Gasteiger partial charge in [-0.25, -0.2) is 0 Å². The monoisotopic (exact) mass is 482 g/mol. The molecule has 4 aromatic rings. The summed E-state index contributed by atoms with van der Waals surface area (Å²) in [7, 11) is 0. The Bertz CT molecular complexity index is 1390. The third-order valence-electron chi connectivity index (χ3n) is 6.06. The maximum absolute atomic E-state index is 13.5. The van der Waals surface area contributed by atoms with Gasteiger partial charge in [0.1, 0.15) is 18.0 Å². The number of benzene rings is 2. The summed E-state index contributed by atoms with van der Waals surface area (Å²) < 4.78 is 46.1. The Morgan fingerprint density at radius 1 is 1.14 bits per heavy atom. The van der Waals surface area contributed by atoms with Crippen LogP contribution in [0.4, 0.5) is 13.2 Å². The molecule has 5 rings (SSSR count). The van der Waals surface area contributed by atoms with E-state index in [1.165, 1.54) is 12.3 Å². The van der Waals surface area contributed by atoms with E-state index in [-0.39, 0.29) is 18.0 Å². The Labute approximate surface area is 198 Å². The number of nitrogens with zero attached hydrogens (tertiary/aromatic N) is 1. The molecule has 0 aliphatic carbocycles. The molecule has 7 nitrogen and oxygen atoms in total. The van der Waals surface area contributed by atoms with E-state index in [1.54, 1.807) is 18.3 Å². The minimum Gasteiger partial charge on any atom is -0.493 e. The number of quaternary nitrogens is 1. The quantitative estimate of drug-likeness (QED) is 0.336. The molecule has 35 heavy (non-hydrogen) atoms. The SMILES string of the molecule is [NH3+]Cc1ccc(-c2cn[nH]c2-c2c[nH]c(C(=O)NCc3ccc4c(c3)CCO4)c2)cc1C(F)(F)F. The molecule has 180 valence electrons. The molecule has 0 radical (unpaired) electrons. The number of carbonyl (C=O) groups is 1. The topological polar surface area (TPSA) is 110 Å². The fourth-order valence-electron chi connectivity index (χ4n) is 4.25. The first kappa shape index (κ1) is 22.7. The van der Waals surface area contributed by atoms with Gasteiger partial charge in [0.15, 0.2) is 0 Å². The van der Waals surface area contributed by atoms with E-state index in [1.807, 2.05) is 18.2 Å². The van der Waals surface area contributed by atoms with Gasteiger partial charge in [-0.2, -0.15) is 18.3 Å².